The van der Waals surface area contributed by atoms with Crippen LogP contribution in [0.2, 0.25) is 0 Å². The van der Waals surface area contributed by atoms with Crippen LogP contribution in [0.5, 0.6) is 0 Å². The number of hydrogen-bond donors (Lipinski definition) is 2. The first-order valence-electron chi connectivity index (χ1n) is 5.73. The van der Waals surface area contributed by atoms with Crippen molar-refractivity contribution < 1.29 is 9.47 Å². The summed E-state index contributed by atoms with van der Waals surface area (Å²) in [4.78, 5) is 0. The zero-order valence-electron chi connectivity index (χ0n) is 10.4. The average molecular weight is 236 g/mol. The van der Waals surface area contributed by atoms with Gasteiger partial charge in [-0.25, -0.2) is 0 Å². The summed E-state index contributed by atoms with van der Waals surface area (Å²) in [5.41, 5.74) is 7.16. The van der Waals surface area contributed by atoms with Crippen LogP contribution in [0.3, 0.4) is 0 Å². The van der Waals surface area contributed by atoms with E-state index in [4.69, 9.17) is 20.6 Å². The molecule has 94 valence electrons. The van der Waals surface area contributed by atoms with Crippen LogP contribution in [-0.2, 0) is 16.1 Å². The Morgan fingerprint density at radius 1 is 1.29 bits per heavy atom. The van der Waals surface area contributed by atoms with E-state index in [9.17, 15) is 0 Å². The second-order valence-corrected chi connectivity index (χ2v) is 4.04. The van der Waals surface area contributed by atoms with Crippen LogP contribution in [0.4, 0.5) is 0 Å². The lowest BCUT2D eigenvalue weighted by atomic mass is 10.1. The van der Waals surface area contributed by atoms with Gasteiger partial charge in [0.1, 0.15) is 5.84 Å². The zero-order valence-corrected chi connectivity index (χ0v) is 10.4. The van der Waals surface area contributed by atoms with Crippen molar-refractivity contribution in [3.63, 3.8) is 0 Å². The van der Waals surface area contributed by atoms with Crippen LogP contribution >= 0.6 is 0 Å². The molecule has 0 saturated heterocycles. The summed E-state index contributed by atoms with van der Waals surface area (Å²) >= 11 is 0. The normalized spacial score (nSPS) is 10.8. The Labute approximate surface area is 102 Å². The number of hydrogen-bond acceptors (Lipinski definition) is 3. The summed E-state index contributed by atoms with van der Waals surface area (Å²) in [5, 5.41) is 7.45. The molecule has 0 radical (unpaired) electrons. The fourth-order valence-electron chi connectivity index (χ4n) is 1.43. The topological polar surface area (TPSA) is 68.3 Å². The van der Waals surface area contributed by atoms with Gasteiger partial charge in [-0.1, -0.05) is 24.3 Å². The van der Waals surface area contributed by atoms with Crippen molar-refractivity contribution in [1.29, 1.82) is 5.41 Å². The fraction of sp³-hybridized carbons (Fsp3) is 0.462. The van der Waals surface area contributed by atoms with Crippen molar-refractivity contribution in [2.24, 2.45) is 5.73 Å². The third kappa shape index (κ3) is 4.97. The Bertz CT molecular complexity index is 364. The highest BCUT2D eigenvalue weighted by atomic mass is 16.5. The summed E-state index contributed by atoms with van der Waals surface area (Å²) in [7, 11) is 0. The van der Waals surface area contributed by atoms with E-state index >= 15 is 0 Å². The highest BCUT2D eigenvalue weighted by Crippen LogP contribution is 2.09. The molecule has 0 unspecified atom stereocenters. The van der Waals surface area contributed by atoms with Crippen LogP contribution in [-0.4, -0.2) is 25.2 Å². The van der Waals surface area contributed by atoms with Crippen molar-refractivity contribution in [3.05, 3.63) is 35.4 Å². The smallest absolute Gasteiger partial charge is 0.123 e. The number of benzene rings is 1. The lowest BCUT2D eigenvalue weighted by Crippen LogP contribution is -2.15. The maximum absolute atomic E-state index is 7.45. The lowest BCUT2D eigenvalue weighted by molar-refractivity contribution is 0.0143. The molecule has 0 fully saturated rings. The molecule has 17 heavy (non-hydrogen) atoms. The maximum atomic E-state index is 7.45. The number of rotatable bonds is 7. The van der Waals surface area contributed by atoms with E-state index in [1.54, 1.807) is 0 Å². The largest absolute Gasteiger partial charge is 0.384 e. The van der Waals surface area contributed by atoms with Crippen molar-refractivity contribution in [2.75, 3.05) is 13.2 Å². The minimum atomic E-state index is 0.0719. The van der Waals surface area contributed by atoms with Gasteiger partial charge >= 0.3 is 0 Å². The molecular formula is C13H20N2O2. The summed E-state index contributed by atoms with van der Waals surface area (Å²) in [6.45, 7) is 5.57. The Hall–Kier alpha value is -1.39. The van der Waals surface area contributed by atoms with E-state index in [1.165, 1.54) is 0 Å². The van der Waals surface area contributed by atoms with Gasteiger partial charge in [0.2, 0.25) is 0 Å². The van der Waals surface area contributed by atoms with Gasteiger partial charge in [-0.3, -0.25) is 5.41 Å². The minimum Gasteiger partial charge on any atom is -0.384 e. The number of nitrogens with one attached hydrogen (secondary N) is 1. The zero-order chi connectivity index (χ0) is 12.7. The van der Waals surface area contributed by atoms with Crippen LogP contribution < -0.4 is 5.73 Å². The molecule has 0 aliphatic heterocycles. The maximum Gasteiger partial charge on any atom is 0.123 e. The molecule has 0 heterocycles. The molecule has 0 bridgehead atoms. The first-order chi connectivity index (χ1) is 8.11. The number of amidine groups is 1. The highest BCUT2D eigenvalue weighted by molar-refractivity contribution is 5.96. The van der Waals surface area contributed by atoms with E-state index in [0.717, 1.165) is 11.1 Å². The molecule has 1 rings (SSSR count). The SMILES string of the molecule is CC(C)OCCOCc1ccccc1C(=N)N. The number of nitrogens with two attached hydrogens (primary N) is 1. The standard InChI is InChI=1S/C13H20N2O2/c1-10(2)17-8-7-16-9-11-5-3-4-6-12(11)13(14)15/h3-6,10H,7-9H2,1-2H3,(H3,14,15). The quantitative estimate of drug-likeness (QED) is 0.431. The molecular weight excluding hydrogens is 216 g/mol. The molecule has 0 amide bonds. The molecule has 1 aromatic rings. The van der Waals surface area contributed by atoms with Gasteiger partial charge in [0.15, 0.2) is 0 Å². The predicted octanol–water partition coefficient (Wildman–Crippen LogP) is 1.91. The first-order valence-corrected chi connectivity index (χ1v) is 5.73. The Morgan fingerprint density at radius 2 is 2.00 bits per heavy atom. The molecule has 0 atom stereocenters. The van der Waals surface area contributed by atoms with Gasteiger partial charge in [-0.15, -0.1) is 0 Å². The van der Waals surface area contributed by atoms with Crippen LogP contribution in [0.15, 0.2) is 24.3 Å². The molecule has 0 aliphatic rings. The second-order valence-electron chi connectivity index (χ2n) is 4.04. The average Bonchev–Trinajstić information content (AvgIpc) is 2.28. The van der Waals surface area contributed by atoms with Crippen molar-refractivity contribution >= 4 is 5.84 Å². The third-order valence-electron chi connectivity index (χ3n) is 2.24. The van der Waals surface area contributed by atoms with Crippen LogP contribution in [0, 0.1) is 5.41 Å². The fourth-order valence-corrected chi connectivity index (χ4v) is 1.43. The van der Waals surface area contributed by atoms with E-state index in [-0.39, 0.29) is 11.9 Å². The summed E-state index contributed by atoms with van der Waals surface area (Å²) in [6, 6.07) is 7.52. The summed E-state index contributed by atoms with van der Waals surface area (Å²) in [5.74, 6) is 0.0719. The molecule has 0 aliphatic carbocycles. The van der Waals surface area contributed by atoms with Crippen LogP contribution in [0.25, 0.3) is 0 Å². The molecule has 0 saturated carbocycles. The molecule has 0 spiro atoms. The van der Waals surface area contributed by atoms with E-state index in [2.05, 4.69) is 0 Å². The predicted molar refractivity (Wildman–Crippen MR) is 68.2 cm³/mol. The van der Waals surface area contributed by atoms with Crippen molar-refractivity contribution in [2.45, 2.75) is 26.6 Å². The Kier molecular flexibility index (Phi) is 5.66. The number of ether oxygens (including phenoxy) is 2. The highest BCUT2D eigenvalue weighted by Gasteiger charge is 2.04. The monoisotopic (exact) mass is 236 g/mol. The first kappa shape index (κ1) is 13.7. The van der Waals surface area contributed by atoms with Crippen molar-refractivity contribution in [1.82, 2.24) is 0 Å². The van der Waals surface area contributed by atoms with Gasteiger partial charge in [0, 0.05) is 5.56 Å². The summed E-state index contributed by atoms with van der Waals surface area (Å²) in [6.07, 6.45) is 0.225. The van der Waals surface area contributed by atoms with E-state index < -0.39 is 0 Å². The van der Waals surface area contributed by atoms with E-state index in [0.29, 0.717) is 19.8 Å². The third-order valence-corrected chi connectivity index (χ3v) is 2.24. The van der Waals surface area contributed by atoms with Crippen LogP contribution in [0.1, 0.15) is 25.0 Å². The van der Waals surface area contributed by atoms with Gasteiger partial charge in [-0.2, -0.15) is 0 Å². The molecule has 4 nitrogen and oxygen atoms in total. The van der Waals surface area contributed by atoms with Crippen molar-refractivity contribution in [3.8, 4) is 0 Å². The molecule has 4 heteroatoms. The Balaban J connectivity index is 2.39. The second kappa shape index (κ2) is 7.04. The summed E-state index contributed by atoms with van der Waals surface area (Å²) < 4.78 is 10.8. The molecule has 0 aromatic heterocycles. The van der Waals surface area contributed by atoms with Gasteiger partial charge in [-0.05, 0) is 19.4 Å². The molecule has 3 N–H and O–H groups in total. The van der Waals surface area contributed by atoms with Gasteiger partial charge < -0.3 is 15.2 Å². The Morgan fingerprint density at radius 3 is 2.65 bits per heavy atom. The lowest BCUT2D eigenvalue weighted by Gasteiger charge is -2.10. The van der Waals surface area contributed by atoms with Gasteiger partial charge in [0.25, 0.3) is 0 Å². The van der Waals surface area contributed by atoms with Gasteiger partial charge in [0.05, 0.1) is 25.9 Å². The van der Waals surface area contributed by atoms with E-state index in [1.807, 2.05) is 38.1 Å². The molecule has 1 aromatic carbocycles. The number of nitrogen functional groups attached to an aromatic ring is 1. The minimum absolute atomic E-state index is 0.0719.